The lowest BCUT2D eigenvalue weighted by atomic mass is 9.56. The van der Waals surface area contributed by atoms with Crippen molar-refractivity contribution in [2.75, 3.05) is 13.6 Å². The summed E-state index contributed by atoms with van der Waals surface area (Å²) < 4.78 is 14.5. The second kappa shape index (κ2) is 8.52. The fourth-order valence-electron chi connectivity index (χ4n) is 6.49. The third-order valence-electron chi connectivity index (χ3n) is 8.18. The Morgan fingerprint density at radius 3 is 2.49 bits per heavy atom. The van der Waals surface area contributed by atoms with E-state index in [9.17, 15) is 33.5 Å². The number of nitrogens with zero attached hydrogens (tertiary/aromatic N) is 2. The Kier molecular flexibility index (Phi) is 5.91. The predicted molar refractivity (Wildman–Crippen MR) is 127 cm³/mol. The number of hydrogen-bond acceptors (Lipinski definition) is 6. The lowest BCUT2D eigenvalue weighted by molar-refractivity contribution is -0.142. The molecular weight excluding hydrogens is 530 g/mol. The van der Waals surface area contributed by atoms with E-state index in [4.69, 9.17) is 28.3 Å². The number of rotatable bonds is 5. The Hall–Kier alpha value is -2.98. The normalized spacial score (nSPS) is 34.9. The van der Waals surface area contributed by atoms with Crippen LogP contribution in [0.25, 0.3) is 0 Å². The lowest BCUT2D eigenvalue weighted by Crippen LogP contribution is -2.60. The van der Waals surface area contributed by atoms with Crippen LogP contribution in [0.5, 0.6) is 5.75 Å². The summed E-state index contributed by atoms with van der Waals surface area (Å²) >= 11 is 13.9. The van der Waals surface area contributed by atoms with Crippen LogP contribution in [0.2, 0.25) is 0 Å². The van der Waals surface area contributed by atoms with Gasteiger partial charge in [0, 0.05) is 25.9 Å². The van der Waals surface area contributed by atoms with Crippen molar-refractivity contribution in [1.82, 2.24) is 9.80 Å². The van der Waals surface area contributed by atoms with Crippen LogP contribution in [0.3, 0.4) is 0 Å². The maximum Gasteiger partial charge on any atom is 0.303 e. The fraction of sp³-hybridized carbons (Fsp3) is 0.480. The number of amides is 4. The number of alkyl halides is 2. The van der Waals surface area contributed by atoms with Gasteiger partial charge in [-0.15, -0.1) is 23.2 Å². The molecule has 2 N–H and O–H groups in total. The van der Waals surface area contributed by atoms with Gasteiger partial charge in [0.25, 0.3) is 11.8 Å². The van der Waals surface area contributed by atoms with Crippen molar-refractivity contribution in [3.05, 3.63) is 41.2 Å². The molecule has 196 valence electrons. The Bertz CT molecular complexity index is 1300. The van der Waals surface area contributed by atoms with E-state index in [0.29, 0.717) is 5.57 Å². The predicted octanol–water partition coefficient (Wildman–Crippen LogP) is 2.38. The molecule has 1 aromatic carbocycles. The van der Waals surface area contributed by atoms with Gasteiger partial charge >= 0.3 is 5.97 Å². The summed E-state index contributed by atoms with van der Waals surface area (Å²) in [6, 6.07) is 3.51. The van der Waals surface area contributed by atoms with E-state index in [1.807, 2.05) is 0 Å². The number of hydrogen-bond donors (Lipinski definition) is 2. The second-order valence-corrected chi connectivity index (χ2v) is 11.3. The number of aromatic hydroxyl groups is 1. The molecule has 0 bridgehead atoms. The molecule has 0 radical (unpaired) electrons. The van der Waals surface area contributed by atoms with Crippen LogP contribution in [-0.2, 0) is 24.0 Å². The van der Waals surface area contributed by atoms with Crippen LogP contribution in [0, 0.1) is 23.6 Å². The first kappa shape index (κ1) is 25.7. The molecule has 2 aliphatic heterocycles. The van der Waals surface area contributed by atoms with Crippen molar-refractivity contribution < 1.29 is 38.6 Å². The number of carboxylic acids is 1. The molecule has 2 aliphatic carbocycles. The SMILES string of the molecule is CN1C(=O)C2(Cl)CC3C(=CCC4C(=O)N(CCCC(=O)O)C(=O)C43)C(c3ccc(O)c(F)c3)C2(Cl)C1=O. The Labute approximate surface area is 220 Å². The molecular formula is C25H23Cl2FN2O7. The molecule has 9 nitrogen and oxygen atoms in total. The van der Waals surface area contributed by atoms with E-state index < -0.39 is 74.6 Å². The van der Waals surface area contributed by atoms with Gasteiger partial charge < -0.3 is 10.2 Å². The van der Waals surface area contributed by atoms with Crippen molar-refractivity contribution >= 4 is 52.8 Å². The van der Waals surface area contributed by atoms with Gasteiger partial charge in [0.1, 0.15) is 0 Å². The topological polar surface area (TPSA) is 132 Å². The molecule has 4 aliphatic rings. The maximum absolute atomic E-state index is 14.5. The number of carbonyl (C=O) groups is 5. The number of aliphatic carboxylic acids is 1. The molecule has 4 amide bonds. The summed E-state index contributed by atoms with van der Waals surface area (Å²) in [6.07, 6.45) is 1.54. The van der Waals surface area contributed by atoms with Gasteiger partial charge in [0.05, 0.1) is 11.8 Å². The molecule has 3 fully saturated rings. The van der Waals surface area contributed by atoms with Gasteiger partial charge in [-0.2, -0.15) is 0 Å². The molecule has 12 heteroatoms. The number of halogens is 3. The highest BCUT2D eigenvalue weighted by Gasteiger charge is 2.75. The first-order valence-electron chi connectivity index (χ1n) is 11.8. The summed E-state index contributed by atoms with van der Waals surface area (Å²) in [4.78, 5) is 62.1. The number of phenolic OH excluding ortho intramolecular Hbond substituents is 1. The number of fused-ring (bicyclic) bond motifs is 4. The van der Waals surface area contributed by atoms with Crippen LogP contribution in [0.15, 0.2) is 29.8 Å². The van der Waals surface area contributed by atoms with Crippen molar-refractivity contribution in [3.63, 3.8) is 0 Å². The third-order valence-corrected chi connectivity index (χ3v) is 9.60. The summed E-state index contributed by atoms with van der Waals surface area (Å²) in [5.41, 5.74) is 0.693. The number of carbonyl (C=O) groups excluding carboxylic acids is 4. The summed E-state index contributed by atoms with van der Waals surface area (Å²) in [5, 5.41) is 18.7. The fourth-order valence-corrected chi connectivity index (χ4v) is 7.51. The smallest absolute Gasteiger partial charge is 0.303 e. The number of carboxylic acid groups (broad SMARTS) is 1. The van der Waals surface area contributed by atoms with Crippen molar-refractivity contribution in [2.45, 2.75) is 41.3 Å². The molecule has 1 saturated carbocycles. The minimum atomic E-state index is -2.04. The highest BCUT2D eigenvalue weighted by Crippen LogP contribution is 2.65. The van der Waals surface area contributed by atoms with Crippen LogP contribution in [0.1, 0.15) is 37.2 Å². The molecule has 1 aromatic rings. The monoisotopic (exact) mass is 552 g/mol. The van der Waals surface area contributed by atoms with E-state index in [1.54, 1.807) is 6.08 Å². The van der Waals surface area contributed by atoms with E-state index in [0.717, 1.165) is 21.9 Å². The van der Waals surface area contributed by atoms with Crippen LogP contribution in [-0.4, -0.2) is 73.0 Å². The third kappa shape index (κ3) is 3.38. The quantitative estimate of drug-likeness (QED) is 0.325. The largest absolute Gasteiger partial charge is 0.505 e. The molecule has 6 unspecified atom stereocenters. The van der Waals surface area contributed by atoms with Gasteiger partial charge in [0.2, 0.25) is 11.8 Å². The molecule has 6 atom stereocenters. The average Bonchev–Trinajstić information content (AvgIpc) is 3.16. The first-order valence-corrected chi connectivity index (χ1v) is 12.6. The number of imide groups is 2. The molecule has 0 aromatic heterocycles. The highest BCUT2D eigenvalue weighted by molar-refractivity contribution is 6.53. The van der Waals surface area contributed by atoms with Gasteiger partial charge in [-0.25, -0.2) is 4.39 Å². The van der Waals surface area contributed by atoms with Crippen molar-refractivity contribution in [2.24, 2.45) is 17.8 Å². The zero-order valence-corrected chi connectivity index (χ0v) is 21.1. The minimum Gasteiger partial charge on any atom is -0.505 e. The van der Waals surface area contributed by atoms with Crippen LogP contribution >= 0.6 is 23.2 Å². The minimum absolute atomic E-state index is 0.0583. The number of phenols is 1. The Balaban J connectivity index is 1.62. The van der Waals surface area contributed by atoms with E-state index in [1.165, 1.54) is 13.1 Å². The molecule has 2 heterocycles. The summed E-state index contributed by atoms with van der Waals surface area (Å²) in [6.45, 7) is -0.0583. The summed E-state index contributed by atoms with van der Waals surface area (Å²) in [5.74, 6) is -8.59. The van der Waals surface area contributed by atoms with Gasteiger partial charge in [-0.1, -0.05) is 17.7 Å². The number of allylic oxidation sites excluding steroid dienone is 2. The Morgan fingerprint density at radius 2 is 1.84 bits per heavy atom. The van der Waals surface area contributed by atoms with Gasteiger partial charge in [-0.05, 0) is 42.9 Å². The van der Waals surface area contributed by atoms with Crippen LogP contribution in [0.4, 0.5) is 4.39 Å². The molecule has 37 heavy (non-hydrogen) atoms. The average molecular weight is 553 g/mol. The van der Waals surface area contributed by atoms with Gasteiger partial charge in [-0.3, -0.25) is 33.8 Å². The molecule has 2 saturated heterocycles. The van der Waals surface area contributed by atoms with Crippen molar-refractivity contribution in [1.29, 1.82) is 0 Å². The number of likely N-dealkylation sites (tertiary alicyclic amines) is 2. The maximum atomic E-state index is 14.5. The van der Waals surface area contributed by atoms with Crippen molar-refractivity contribution in [3.8, 4) is 5.75 Å². The zero-order chi connectivity index (χ0) is 27.0. The first-order chi connectivity index (χ1) is 17.3. The highest BCUT2D eigenvalue weighted by atomic mass is 35.5. The van der Waals surface area contributed by atoms with E-state index in [2.05, 4.69) is 0 Å². The second-order valence-electron chi connectivity index (χ2n) is 10.0. The molecule has 0 spiro atoms. The van der Waals surface area contributed by atoms with Gasteiger partial charge in [0.15, 0.2) is 21.3 Å². The summed E-state index contributed by atoms with van der Waals surface area (Å²) in [7, 11) is 1.25. The lowest BCUT2D eigenvalue weighted by Gasteiger charge is -2.50. The zero-order valence-electron chi connectivity index (χ0n) is 19.6. The Morgan fingerprint density at radius 1 is 1.14 bits per heavy atom. The molecule has 5 rings (SSSR count). The number of benzene rings is 1. The standard InChI is InChI=1S/C25H23Cl2FN2O7/c1-29-22(36)24(26)10-14-12(19(25(24,27)23(29)37)11-4-7-16(31)15(28)9-11)5-6-13-18(14)21(35)30(20(13)34)8-2-3-17(32)33/h4-5,7,9,13-14,18-19,31H,2-3,6,8,10H2,1H3,(H,32,33). The van der Waals surface area contributed by atoms with E-state index >= 15 is 0 Å². The van der Waals surface area contributed by atoms with E-state index in [-0.39, 0.29) is 37.8 Å². The van der Waals surface area contributed by atoms with Crippen LogP contribution < -0.4 is 0 Å².